The molecule has 7 nitrogen and oxygen atoms in total. The molecular formula is C19H25ClN2O5. The molecule has 27 heavy (non-hydrogen) atoms. The molecule has 1 aliphatic rings. The standard InChI is InChI=1S/C19H25ClN2O5/c1-12(16(23)21-14-9-6-5-8-13(14)20)26-17(24)15-10-7-11-22(15)18(25)27-19(2,3)4/h5-6,8-9,12,15H,7,10-11H2,1-4H3,(H,21,23)/t12-,15+/m1/s1. The fraction of sp³-hybridized carbons (Fsp3) is 0.526. The first-order valence-corrected chi connectivity index (χ1v) is 9.22. The van der Waals surface area contributed by atoms with Crippen molar-refractivity contribution in [3.05, 3.63) is 29.3 Å². The van der Waals surface area contributed by atoms with Crippen LogP contribution in [0.2, 0.25) is 5.02 Å². The van der Waals surface area contributed by atoms with Crippen LogP contribution in [0.15, 0.2) is 24.3 Å². The summed E-state index contributed by atoms with van der Waals surface area (Å²) < 4.78 is 10.6. The molecule has 8 heteroatoms. The lowest BCUT2D eigenvalue weighted by molar-refractivity contribution is -0.157. The summed E-state index contributed by atoms with van der Waals surface area (Å²) in [6, 6.07) is 6.01. The largest absolute Gasteiger partial charge is 0.451 e. The van der Waals surface area contributed by atoms with Gasteiger partial charge in [0.2, 0.25) is 0 Å². The SMILES string of the molecule is C[C@@H](OC(=O)[C@@H]1CCCN1C(=O)OC(C)(C)C)C(=O)Nc1ccccc1Cl. The van der Waals surface area contributed by atoms with Crippen LogP contribution in [0, 0.1) is 0 Å². The second-order valence-corrected chi connectivity index (χ2v) is 7.79. The van der Waals surface area contributed by atoms with Crippen LogP contribution in [0.5, 0.6) is 0 Å². The zero-order valence-corrected chi connectivity index (χ0v) is 16.7. The number of esters is 1. The third kappa shape index (κ3) is 5.85. The van der Waals surface area contributed by atoms with Crippen LogP contribution < -0.4 is 5.32 Å². The molecule has 0 unspecified atom stereocenters. The number of anilines is 1. The van der Waals surface area contributed by atoms with E-state index in [1.165, 1.54) is 11.8 Å². The van der Waals surface area contributed by atoms with Crippen LogP contribution in [-0.4, -0.2) is 47.2 Å². The Bertz CT molecular complexity index is 716. The highest BCUT2D eigenvalue weighted by Crippen LogP contribution is 2.23. The molecule has 1 aliphatic heterocycles. The van der Waals surface area contributed by atoms with Gasteiger partial charge in [0, 0.05) is 6.54 Å². The maximum atomic E-state index is 12.5. The lowest BCUT2D eigenvalue weighted by Crippen LogP contribution is -2.45. The number of para-hydroxylation sites is 1. The van der Waals surface area contributed by atoms with Crippen molar-refractivity contribution in [3.63, 3.8) is 0 Å². The Hall–Kier alpha value is -2.28. The molecule has 0 spiro atoms. The van der Waals surface area contributed by atoms with Gasteiger partial charge < -0.3 is 14.8 Å². The predicted molar refractivity (Wildman–Crippen MR) is 102 cm³/mol. The Morgan fingerprint density at radius 2 is 1.93 bits per heavy atom. The third-order valence-corrected chi connectivity index (χ3v) is 4.28. The molecule has 1 saturated heterocycles. The minimum Gasteiger partial charge on any atom is -0.451 e. The smallest absolute Gasteiger partial charge is 0.411 e. The van der Waals surface area contributed by atoms with Gasteiger partial charge in [0.25, 0.3) is 5.91 Å². The highest BCUT2D eigenvalue weighted by Gasteiger charge is 2.38. The second kappa shape index (κ2) is 8.61. The number of likely N-dealkylation sites (tertiary alicyclic amines) is 1. The van der Waals surface area contributed by atoms with Gasteiger partial charge in [-0.05, 0) is 52.7 Å². The molecule has 0 aromatic heterocycles. The monoisotopic (exact) mass is 396 g/mol. The Labute approximate surface area is 163 Å². The first-order chi connectivity index (χ1) is 12.6. The van der Waals surface area contributed by atoms with E-state index in [2.05, 4.69) is 5.32 Å². The van der Waals surface area contributed by atoms with E-state index >= 15 is 0 Å². The number of hydrogen-bond donors (Lipinski definition) is 1. The minimum atomic E-state index is -1.03. The van der Waals surface area contributed by atoms with Gasteiger partial charge >= 0.3 is 12.1 Å². The van der Waals surface area contributed by atoms with Crippen molar-refractivity contribution >= 4 is 35.3 Å². The average Bonchev–Trinajstić information content (AvgIpc) is 3.05. The molecule has 148 valence electrons. The summed E-state index contributed by atoms with van der Waals surface area (Å²) in [6.45, 7) is 7.16. The average molecular weight is 397 g/mol. The number of nitrogens with zero attached hydrogens (tertiary/aromatic N) is 1. The van der Waals surface area contributed by atoms with Gasteiger partial charge in [-0.1, -0.05) is 23.7 Å². The molecule has 2 atom stereocenters. The summed E-state index contributed by atoms with van der Waals surface area (Å²) in [5, 5.41) is 3.00. The quantitative estimate of drug-likeness (QED) is 0.786. The number of nitrogens with one attached hydrogen (secondary N) is 1. The van der Waals surface area contributed by atoms with E-state index < -0.39 is 35.7 Å². The van der Waals surface area contributed by atoms with E-state index in [1.807, 2.05) is 0 Å². The molecule has 0 bridgehead atoms. The van der Waals surface area contributed by atoms with Crippen LogP contribution in [-0.2, 0) is 19.1 Å². The van der Waals surface area contributed by atoms with E-state index in [9.17, 15) is 14.4 Å². The van der Waals surface area contributed by atoms with Gasteiger partial charge in [0.1, 0.15) is 11.6 Å². The van der Waals surface area contributed by atoms with Crippen LogP contribution in [0.3, 0.4) is 0 Å². The van der Waals surface area contributed by atoms with Crippen molar-refractivity contribution in [2.75, 3.05) is 11.9 Å². The Morgan fingerprint density at radius 1 is 1.26 bits per heavy atom. The first-order valence-electron chi connectivity index (χ1n) is 8.84. The number of ether oxygens (including phenoxy) is 2. The van der Waals surface area contributed by atoms with E-state index in [4.69, 9.17) is 21.1 Å². The highest BCUT2D eigenvalue weighted by atomic mass is 35.5. The van der Waals surface area contributed by atoms with Crippen LogP contribution in [0.4, 0.5) is 10.5 Å². The van der Waals surface area contributed by atoms with Gasteiger partial charge in [-0.2, -0.15) is 0 Å². The summed E-state index contributed by atoms with van der Waals surface area (Å²) in [6.07, 6.45) is -0.458. The molecule has 1 aromatic rings. The van der Waals surface area contributed by atoms with Crippen molar-refractivity contribution in [3.8, 4) is 0 Å². The Morgan fingerprint density at radius 3 is 2.56 bits per heavy atom. The third-order valence-electron chi connectivity index (χ3n) is 3.95. The second-order valence-electron chi connectivity index (χ2n) is 7.38. The molecule has 0 saturated carbocycles. The number of amides is 2. The van der Waals surface area contributed by atoms with Crippen molar-refractivity contribution in [2.24, 2.45) is 0 Å². The molecule has 2 amide bonds. The molecule has 1 fully saturated rings. The summed E-state index contributed by atoms with van der Waals surface area (Å²) in [7, 11) is 0. The highest BCUT2D eigenvalue weighted by molar-refractivity contribution is 6.33. The van der Waals surface area contributed by atoms with Gasteiger partial charge in [-0.15, -0.1) is 0 Å². The zero-order valence-electron chi connectivity index (χ0n) is 16.0. The lowest BCUT2D eigenvalue weighted by Gasteiger charge is -2.28. The number of carbonyl (C=O) groups is 3. The molecular weight excluding hydrogens is 372 g/mol. The maximum Gasteiger partial charge on any atom is 0.411 e. The van der Waals surface area contributed by atoms with Gasteiger partial charge in [-0.25, -0.2) is 9.59 Å². The van der Waals surface area contributed by atoms with Crippen LogP contribution in [0.1, 0.15) is 40.5 Å². The van der Waals surface area contributed by atoms with Gasteiger partial charge in [0.05, 0.1) is 10.7 Å². The van der Waals surface area contributed by atoms with Crippen molar-refractivity contribution in [1.82, 2.24) is 4.90 Å². The van der Waals surface area contributed by atoms with Crippen molar-refractivity contribution < 1.29 is 23.9 Å². The van der Waals surface area contributed by atoms with Crippen molar-refractivity contribution in [1.29, 1.82) is 0 Å². The maximum absolute atomic E-state index is 12.5. The topological polar surface area (TPSA) is 84.9 Å². The number of hydrogen-bond acceptors (Lipinski definition) is 5. The number of halogens is 1. The van der Waals surface area contributed by atoms with E-state index in [-0.39, 0.29) is 0 Å². The Kier molecular flexibility index (Phi) is 6.70. The molecule has 1 heterocycles. The lowest BCUT2D eigenvalue weighted by atomic mass is 10.2. The fourth-order valence-corrected chi connectivity index (χ4v) is 2.84. The van der Waals surface area contributed by atoms with Gasteiger partial charge in [-0.3, -0.25) is 9.69 Å². The summed E-state index contributed by atoms with van der Waals surface area (Å²) in [5.74, 6) is -1.13. The number of carbonyl (C=O) groups excluding carboxylic acids is 3. The summed E-state index contributed by atoms with van der Waals surface area (Å²) in [4.78, 5) is 38.4. The molecule has 1 aromatic carbocycles. The van der Waals surface area contributed by atoms with E-state index in [0.717, 1.165) is 0 Å². The fourth-order valence-electron chi connectivity index (χ4n) is 2.65. The van der Waals surface area contributed by atoms with E-state index in [0.29, 0.717) is 30.1 Å². The number of rotatable bonds is 4. The first kappa shape index (κ1) is 21.0. The van der Waals surface area contributed by atoms with Crippen molar-refractivity contribution in [2.45, 2.75) is 58.3 Å². The van der Waals surface area contributed by atoms with Gasteiger partial charge in [0.15, 0.2) is 6.10 Å². The van der Waals surface area contributed by atoms with E-state index in [1.54, 1.807) is 45.0 Å². The minimum absolute atomic E-state index is 0.385. The van der Waals surface area contributed by atoms with Crippen LogP contribution >= 0.6 is 11.6 Å². The summed E-state index contributed by atoms with van der Waals surface area (Å²) in [5.41, 5.74) is -0.223. The molecule has 1 N–H and O–H groups in total. The summed E-state index contributed by atoms with van der Waals surface area (Å²) >= 11 is 6.01. The normalized spacial score (nSPS) is 18.0. The molecule has 0 radical (unpaired) electrons. The molecule has 2 rings (SSSR count). The Balaban J connectivity index is 1.95. The zero-order chi connectivity index (χ0) is 20.2. The van der Waals surface area contributed by atoms with Crippen LogP contribution in [0.25, 0.3) is 0 Å². The molecule has 0 aliphatic carbocycles. The predicted octanol–water partition coefficient (Wildman–Crippen LogP) is 3.61. The number of benzene rings is 1.